The summed E-state index contributed by atoms with van der Waals surface area (Å²) in [4.78, 5) is 11.5. The van der Waals surface area contributed by atoms with Gasteiger partial charge in [0.25, 0.3) is 5.91 Å². The van der Waals surface area contributed by atoms with Crippen LogP contribution in [0.5, 0.6) is 0 Å². The Bertz CT molecular complexity index is 459. The van der Waals surface area contributed by atoms with E-state index in [-0.39, 0.29) is 12.0 Å². The fourth-order valence-corrected chi connectivity index (χ4v) is 3.17. The predicted octanol–water partition coefficient (Wildman–Crippen LogP) is 2.47. The second-order valence-electron chi connectivity index (χ2n) is 6.21. The lowest BCUT2D eigenvalue weighted by Gasteiger charge is -2.27. The molecule has 4 heteroatoms. The van der Waals surface area contributed by atoms with E-state index in [2.05, 4.69) is 10.6 Å². The summed E-state index contributed by atoms with van der Waals surface area (Å²) in [5.74, 6) is 0.452. The zero-order valence-electron chi connectivity index (χ0n) is 13.5. The summed E-state index contributed by atoms with van der Waals surface area (Å²) >= 11 is 0. The van der Waals surface area contributed by atoms with Crippen molar-refractivity contribution in [2.45, 2.75) is 51.2 Å². The maximum absolute atomic E-state index is 11.5. The standard InChI is InChI=1S/C18H28N2O2/c1-19-18(22)16-10-8-14(9-11-16)13-20-12-4-6-15-5-2-3-7-17(15)21/h8-11,15,17,20-21H,2-7,12-13H2,1H3,(H,19,22). The highest BCUT2D eigenvalue weighted by Crippen LogP contribution is 2.27. The summed E-state index contributed by atoms with van der Waals surface area (Å²) in [6.45, 7) is 1.79. The molecule has 122 valence electrons. The Morgan fingerprint density at radius 2 is 1.95 bits per heavy atom. The molecule has 3 N–H and O–H groups in total. The zero-order chi connectivity index (χ0) is 15.8. The molecule has 0 aliphatic heterocycles. The van der Waals surface area contributed by atoms with Crippen LogP contribution in [-0.2, 0) is 6.54 Å². The zero-order valence-corrected chi connectivity index (χ0v) is 13.5. The molecule has 22 heavy (non-hydrogen) atoms. The Kier molecular flexibility index (Phi) is 6.87. The van der Waals surface area contributed by atoms with Crippen LogP contribution < -0.4 is 10.6 Å². The van der Waals surface area contributed by atoms with Crippen LogP contribution in [0.1, 0.15) is 54.4 Å². The van der Waals surface area contributed by atoms with Crippen molar-refractivity contribution in [1.29, 1.82) is 0 Å². The van der Waals surface area contributed by atoms with E-state index in [0.717, 1.165) is 32.4 Å². The van der Waals surface area contributed by atoms with E-state index in [1.165, 1.54) is 24.8 Å². The Morgan fingerprint density at radius 3 is 2.64 bits per heavy atom. The smallest absolute Gasteiger partial charge is 0.251 e. The molecule has 1 saturated carbocycles. The van der Waals surface area contributed by atoms with E-state index in [0.29, 0.717) is 11.5 Å². The molecule has 1 aromatic rings. The third-order valence-corrected chi connectivity index (χ3v) is 4.57. The van der Waals surface area contributed by atoms with Crippen LogP contribution in [0.3, 0.4) is 0 Å². The van der Waals surface area contributed by atoms with Crippen molar-refractivity contribution >= 4 is 5.91 Å². The van der Waals surface area contributed by atoms with Gasteiger partial charge in [-0.25, -0.2) is 0 Å². The molecule has 1 aromatic carbocycles. The first kappa shape index (κ1) is 17.0. The number of hydrogen-bond donors (Lipinski definition) is 3. The average molecular weight is 304 g/mol. The highest BCUT2D eigenvalue weighted by atomic mass is 16.3. The molecule has 0 saturated heterocycles. The Labute approximate surface area is 133 Å². The maximum atomic E-state index is 11.5. The molecule has 0 radical (unpaired) electrons. The molecule has 1 fully saturated rings. The number of benzene rings is 1. The number of carbonyl (C=O) groups is 1. The number of nitrogens with one attached hydrogen (secondary N) is 2. The third-order valence-electron chi connectivity index (χ3n) is 4.57. The molecule has 0 spiro atoms. The van der Waals surface area contributed by atoms with Gasteiger partial charge in [0.05, 0.1) is 6.10 Å². The second-order valence-corrected chi connectivity index (χ2v) is 6.21. The number of rotatable bonds is 7. The van der Waals surface area contributed by atoms with Crippen molar-refractivity contribution in [3.8, 4) is 0 Å². The van der Waals surface area contributed by atoms with Gasteiger partial charge >= 0.3 is 0 Å². The lowest BCUT2D eigenvalue weighted by atomic mass is 9.83. The summed E-state index contributed by atoms with van der Waals surface area (Å²) in [7, 11) is 1.64. The third kappa shape index (κ3) is 5.11. The fraction of sp³-hybridized carbons (Fsp3) is 0.611. The van der Waals surface area contributed by atoms with Gasteiger partial charge in [-0.15, -0.1) is 0 Å². The van der Waals surface area contributed by atoms with Crippen molar-refractivity contribution in [2.75, 3.05) is 13.6 Å². The lowest BCUT2D eigenvalue weighted by Crippen LogP contribution is -2.25. The molecule has 2 rings (SSSR count). The maximum Gasteiger partial charge on any atom is 0.251 e. The van der Waals surface area contributed by atoms with Gasteiger partial charge in [-0.05, 0) is 55.8 Å². The molecule has 2 atom stereocenters. The summed E-state index contributed by atoms with van der Waals surface area (Å²) in [5, 5.41) is 16.0. The number of hydrogen-bond acceptors (Lipinski definition) is 3. The van der Waals surface area contributed by atoms with Crippen LogP contribution in [0, 0.1) is 5.92 Å². The molecule has 1 aliphatic carbocycles. The van der Waals surface area contributed by atoms with Gasteiger partial charge < -0.3 is 15.7 Å². The van der Waals surface area contributed by atoms with Gasteiger partial charge in [-0.2, -0.15) is 0 Å². The first-order valence-electron chi connectivity index (χ1n) is 8.40. The summed E-state index contributed by atoms with van der Waals surface area (Å²) < 4.78 is 0. The van der Waals surface area contributed by atoms with Gasteiger partial charge in [0.2, 0.25) is 0 Å². The molecule has 0 heterocycles. The Hall–Kier alpha value is -1.39. The van der Waals surface area contributed by atoms with Gasteiger partial charge in [0, 0.05) is 19.2 Å². The van der Waals surface area contributed by atoms with Crippen LogP contribution in [0.15, 0.2) is 24.3 Å². The van der Waals surface area contributed by atoms with Crippen molar-refractivity contribution in [3.63, 3.8) is 0 Å². The monoisotopic (exact) mass is 304 g/mol. The molecule has 0 bridgehead atoms. The molecule has 1 aliphatic rings. The quantitative estimate of drug-likeness (QED) is 0.678. The Balaban J connectivity index is 1.63. The van der Waals surface area contributed by atoms with E-state index in [9.17, 15) is 9.90 Å². The molecular weight excluding hydrogens is 276 g/mol. The number of aliphatic hydroxyl groups is 1. The molecule has 2 unspecified atom stereocenters. The van der Waals surface area contributed by atoms with Gasteiger partial charge in [-0.1, -0.05) is 25.0 Å². The van der Waals surface area contributed by atoms with E-state index >= 15 is 0 Å². The van der Waals surface area contributed by atoms with Crippen LogP contribution in [0.2, 0.25) is 0 Å². The number of amides is 1. The van der Waals surface area contributed by atoms with Gasteiger partial charge in [-0.3, -0.25) is 4.79 Å². The van der Waals surface area contributed by atoms with E-state index in [4.69, 9.17) is 0 Å². The second kappa shape index (κ2) is 8.91. The summed E-state index contributed by atoms with van der Waals surface area (Å²) in [5.41, 5.74) is 1.88. The van der Waals surface area contributed by atoms with Crippen LogP contribution in [0.4, 0.5) is 0 Å². The van der Waals surface area contributed by atoms with Crippen molar-refractivity contribution in [2.24, 2.45) is 5.92 Å². The summed E-state index contributed by atoms with van der Waals surface area (Å²) in [6.07, 6.45) is 6.76. The normalized spacial score (nSPS) is 21.5. The highest BCUT2D eigenvalue weighted by Gasteiger charge is 2.21. The Morgan fingerprint density at radius 1 is 1.23 bits per heavy atom. The largest absolute Gasteiger partial charge is 0.393 e. The van der Waals surface area contributed by atoms with Crippen LogP contribution in [-0.4, -0.2) is 30.7 Å². The summed E-state index contributed by atoms with van der Waals surface area (Å²) in [6, 6.07) is 7.69. The minimum absolute atomic E-state index is 0.0504. The number of aliphatic hydroxyl groups excluding tert-OH is 1. The molecule has 4 nitrogen and oxygen atoms in total. The van der Waals surface area contributed by atoms with Crippen molar-refractivity contribution in [3.05, 3.63) is 35.4 Å². The highest BCUT2D eigenvalue weighted by molar-refractivity contribution is 5.93. The average Bonchev–Trinajstić information content (AvgIpc) is 2.56. The van der Waals surface area contributed by atoms with E-state index in [1.54, 1.807) is 7.05 Å². The van der Waals surface area contributed by atoms with Crippen molar-refractivity contribution in [1.82, 2.24) is 10.6 Å². The molecular formula is C18H28N2O2. The van der Waals surface area contributed by atoms with Crippen molar-refractivity contribution < 1.29 is 9.90 Å². The topological polar surface area (TPSA) is 61.4 Å². The molecule has 0 aromatic heterocycles. The van der Waals surface area contributed by atoms with Crippen LogP contribution in [0.25, 0.3) is 0 Å². The lowest BCUT2D eigenvalue weighted by molar-refractivity contribution is 0.0643. The van der Waals surface area contributed by atoms with Gasteiger partial charge in [0.15, 0.2) is 0 Å². The molecule has 1 amide bonds. The minimum Gasteiger partial charge on any atom is -0.393 e. The predicted molar refractivity (Wildman–Crippen MR) is 88.7 cm³/mol. The van der Waals surface area contributed by atoms with E-state index in [1.807, 2.05) is 24.3 Å². The first-order valence-corrected chi connectivity index (χ1v) is 8.40. The van der Waals surface area contributed by atoms with Crippen LogP contribution >= 0.6 is 0 Å². The van der Waals surface area contributed by atoms with Gasteiger partial charge in [0.1, 0.15) is 0 Å². The van der Waals surface area contributed by atoms with E-state index < -0.39 is 0 Å². The fourth-order valence-electron chi connectivity index (χ4n) is 3.17. The minimum atomic E-state index is -0.0778. The SMILES string of the molecule is CNC(=O)c1ccc(CNCCCC2CCCCC2O)cc1. The number of carbonyl (C=O) groups excluding carboxylic acids is 1. The first-order chi connectivity index (χ1) is 10.7.